The fourth-order valence-corrected chi connectivity index (χ4v) is 1.89. The molecule has 2 aromatic rings. The molecule has 88 valence electrons. The largest absolute Gasteiger partial charge is 0.256 e. The van der Waals surface area contributed by atoms with E-state index in [-0.39, 0.29) is 5.41 Å². The third-order valence-electron chi connectivity index (χ3n) is 2.77. The van der Waals surface area contributed by atoms with Gasteiger partial charge in [0.25, 0.3) is 0 Å². The molecule has 0 N–H and O–H groups in total. The van der Waals surface area contributed by atoms with Crippen molar-refractivity contribution in [3.05, 3.63) is 52.6 Å². The first-order valence-electron chi connectivity index (χ1n) is 5.69. The minimum Gasteiger partial charge on any atom is -0.256 e. The van der Waals surface area contributed by atoms with Crippen LogP contribution in [0.4, 0.5) is 0 Å². The molecule has 0 spiro atoms. The summed E-state index contributed by atoms with van der Waals surface area (Å²) in [6, 6.07) is 12.5. The SMILES string of the molecule is CC(C)(C)c1ccc(-c2ccc(Br)cc2)nc1. The Kier molecular flexibility index (Phi) is 3.34. The van der Waals surface area contributed by atoms with Crippen molar-refractivity contribution in [2.24, 2.45) is 0 Å². The topological polar surface area (TPSA) is 12.9 Å². The van der Waals surface area contributed by atoms with Crippen LogP contribution in [0.1, 0.15) is 26.3 Å². The van der Waals surface area contributed by atoms with E-state index in [1.165, 1.54) is 5.56 Å². The molecule has 2 heteroatoms. The zero-order chi connectivity index (χ0) is 12.5. The van der Waals surface area contributed by atoms with E-state index in [0.29, 0.717) is 0 Å². The summed E-state index contributed by atoms with van der Waals surface area (Å²) in [7, 11) is 0. The number of rotatable bonds is 1. The van der Waals surface area contributed by atoms with Gasteiger partial charge in [0.2, 0.25) is 0 Å². The third-order valence-corrected chi connectivity index (χ3v) is 3.30. The van der Waals surface area contributed by atoms with Crippen LogP contribution in [0.2, 0.25) is 0 Å². The first-order valence-corrected chi connectivity index (χ1v) is 6.48. The van der Waals surface area contributed by atoms with Crippen LogP contribution >= 0.6 is 15.9 Å². The molecule has 0 atom stereocenters. The number of nitrogens with zero attached hydrogens (tertiary/aromatic N) is 1. The van der Waals surface area contributed by atoms with Crippen molar-refractivity contribution < 1.29 is 0 Å². The molecule has 0 bridgehead atoms. The van der Waals surface area contributed by atoms with Crippen LogP contribution in [0.15, 0.2) is 47.1 Å². The summed E-state index contributed by atoms with van der Waals surface area (Å²) in [6.07, 6.45) is 1.97. The van der Waals surface area contributed by atoms with Gasteiger partial charge in [-0.3, -0.25) is 4.98 Å². The first-order chi connectivity index (χ1) is 7.97. The number of halogens is 1. The Bertz CT molecular complexity index is 492. The Hall–Kier alpha value is -1.15. The maximum atomic E-state index is 4.53. The smallest absolute Gasteiger partial charge is 0.0702 e. The van der Waals surface area contributed by atoms with Gasteiger partial charge in [-0.1, -0.05) is 54.9 Å². The molecule has 0 aliphatic heterocycles. The summed E-state index contributed by atoms with van der Waals surface area (Å²) in [5.74, 6) is 0. The number of benzene rings is 1. The molecule has 0 unspecified atom stereocenters. The molecular formula is C15H16BrN. The number of hydrogen-bond donors (Lipinski definition) is 0. The summed E-state index contributed by atoms with van der Waals surface area (Å²) >= 11 is 3.44. The summed E-state index contributed by atoms with van der Waals surface area (Å²) < 4.78 is 1.09. The van der Waals surface area contributed by atoms with Crippen LogP contribution < -0.4 is 0 Å². The molecule has 0 saturated carbocycles. The number of aromatic nitrogens is 1. The number of pyridine rings is 1. The van der Waals surface area contributed by atoms with Crippen molar-refractivity contribution in [2.45, 2.75) is 26.2 Å². The fourth-order valence-electron chi connectivity index (χ4n) is 1.63. The normalized spacial score (nSPS) is 11.5. The summed E-state index contributed by atoms with van der Waals surface area (Å²) in [5, 5.41) is 0. The van der Waals surface area contributed by atoms with E-state index in [0.717, 1.165) is 15.7 Å². The van der Waals surface area contributed by atoms with Gasteiger partial charge in [-0.25, -0.2) is 0 Å². The van der Waals surface area contributed by atoms with E-state index >= 15 is 0 Å². The predicted octanol–water partition coefficient (Wildman–Crippen LogP) is 4.81. The van der Waals surface area contributed by atoms with E-state index in [1.807, 2.05) is 18.3 Å². The van der Waals surface area contributed by atoms with Gasteiger partial charge in [-0.2, -0.15) is 0 Å². The summed E-state index contributed by atoms with van der Waals surface area (Å²) in [5.41, 5.74) is 3.59. The quantitative estimate of drug-likeness (QED) is 0.734. The van der Waals surface area contributed by atoms with Crippen molar-refractivity contribution >= 4 is 15.9 Å². The van der Waals surface area contributed by atoms with Gasteiger partial charge in [-0.15, -0.1) is 0 Å². The van der Waals surface area contributed by atoms with E-state index < -0.39 is 0 Å². The molecule has 0 aliphatic carbocycles. The average Bonchev–Trinajstić information content (AvgIpc) is 2.29. The highest BCUT2D eigenvalue weighted by Gasteiger charge is 2.13. The van der Waals surface area contributed by atoms with Crippen molar-refractivity contribution in [3.63, 3.8) is 0 Å². The predicted molar refractivity (Wildman–Crippen MR) is 76.1 cm³/mol. The van der Waals surface area contributed by atoms with Gasteiger partial charge < -0.3 is 0 Å². The minimum absolute atomic E-state index is 0.158. The second-order valence-corrected chi connectivity index (χ2v) is 6.10. The third kappa shape index (κ3) is 2.95. The lowest BCUT2D eigenvalue weighted by Crippen LogP contribution is -2.11. The Balaban J connectivity index is 2.33. The lowest BCUT2D eigenvalue weighted by atomic mass is 9.88. The van der Waals surface area contributed by atoms with Crippen LogP contribution in [0.3, 0.4) is 0 Å². The molecule has 0 saturated heterocycles. The molecule has 2 rings (SSSR count). The van der Waals surface area contributed by atoms with Gasteiger partial charge in [-0.05, 0) is 29.2 Å². The molecule has 0 fully saturated rings. The molecule has 1 nitrogen and oxygen atoms in total. The van der Waals surface area contributed by atoms with Gasteiger partial charge in [0.05, 0.1) is 5.69 Å². The maximum Gasteiger partial charge on any atom is 0.0702 e. The van der Waals surface area contributed by atoms with Gasteiger partial charge in [0.1, 0.15) is 0 Å². The minimum atomic E-state index is 0.158. The van der Waals surface area contributed by atoms with Crippen LogP contribution in [-0.2, 0) is 5.41 Å². The second-order valence-electron chi connectivity index (χ2n) is 5.19. The highest BCUT2D eigenvalue weighted by molar-refractivity contribution is 9.10. The molecule has 1 aromatic heterocycles. The standard InChI is InChI=1S/C15H16BrN/c1-15(2,3)12-6-9-14(17-10-12)11-4-7-13(16)8-5-11/h4-10H,1-3H3. The Morgan fingerprint density at radius 1 is 0.941 bits per heavy atom. The van der Waals surface area contributed by atoms with Crippen LogP contribution in [-0.4, -0.2) is 4.98 Å². The second kappa shape index (κ2) is 4.61. The summed E-state index contributed by atoms with van der Waals surface area (Å²) in [6.45, 7) is 6.59. The average molecular weight is 290 g/mol. The van der Waals surface area contributed by atoms with Gasteiger partial charge in [0.15, 0.2) is 0 Å². The lowest BCUT2D eigenvalue weighted by Gasteiger charge is -2.18. The van der Waals surface area contributed by atoms with Crippen LogP contribution in [0, 0.1) is 0 Å². The van der Waals surface area contributed by atoms with E-state index in [9.17, 15) is 0 Å². The first kappa shape index (κ1) is 12.3. The highest BCUT2D eigenvalue weighted by Crippen LogP contribution is 2.24. The highest BCUT2D eigenvalue weighted by atomic mass is 79.9. The van der Waals surface area contributed by atoms with Gasteiger partial charge in [0, 0.05) is 16.2 Å². The lowest BCUT2D eigenvalue weighted by molar-refractivity contribution is 0.587. The Labute approximate surface area is 111 Å². The van der Waals surface area contributed by atoms with Crippen LogP contribution in [0.25, 0.3) is 11.3 Å². The zero-order valence-electron chi connectivity index (χ0n) is 10.4. The molecule has 0 amide bonds. The van der Waals surface area contributed by atoms with Crippen molar-refractivity contribution in [3.8, 4) is 11.3 Å². The van der Waals surface area contributed by atoms with E-state index in [1.54, 1.807) is 0 Å². The molecule has 17 heavy (non-hydrogen) atoms. The fraction of sp³-hybridized carbons (Fsp3) is 0.267. The van der Waals surface area contributed by atoms with E-state index in [2.05, 4.69) is 66.0 Å². The molecule has 1 heterocycles. The van der Waals surface area contributed by atoms with Crippen molar-refractivity contribution in [2.75, 3.05) is 0 Å². The maximum absolute atomic E-state index is 4.53. The molecule has 0 aliphatic rings. The Morgan fingerprint density at radius 2 is 1.59 bits per heavy atom. The van der Waals surface area contributed by atoms with Crippen molar-refractivity contribution in [1.82, 2.24) is 4.98 Å². The summed E-state index contributed by atoms with van der Waals surface area (Å²) in [4.78, 5) is 4.53. The van der Waals surface area contributed by atoms with Crippen LogP contribution in [0.5, 0.6) is 0 Å². The van der Waals surface area contributed by atoms with Gasteiger partial charge >= 0.3 is 0 Å². The van der Waals surface area contributed by atoms with Crippen molar-refractivity contribution in [1.29, 1.82) is 0 Å². The molecular weight excluding hydrogens is 274 g/mol. The Morgan fingerprint density at radius 3 is 2.06 bits per heavy atom. The monoisotopic (exact) mass is 289 g/mol. The number of hydrogen-bond acceptors (Lipinski definition) is 1. The molecule has 1 aromatic carbocycles. The zero-order valence-corrected chi connectivity index (χ0v) is 12.0. The van der Waals surface area contributed by atoms with E-state index in [4.69, 9.17) is 0 Å². The molecule has 0 radical (unpaired) electrons.